The number of aromatic amines is 2. The topological polar surface area (TPSA) is 98.4 Å². The molecule has 3 N–H and O–H groups in total. The molecule has 0 saturated carbocycles. The second kappa shape index (κ2) is 11.6. The minimum Gasteiger partial charge on any atom is -0.384 e. The molecule has 0 saturated heterocycles. The Morgan fingerprint density at radius 2 is 1.98 bits per heavy atom. The Hall–Kier alpha value is -4.63. The SMILES string of the molecule is C=C/C=C(/c1cc(F)cc(NCCN(C)C)c1)c1nc(-c2n[nH]c3cnc(-c4cncc(CC)c4)cc23)[nH]c1C. The Morgan fingerprint density at radius 3 is 2.75 bits per heavy atom. The van der Waals surface area contributed by atoms with Crippen molar-refractivity contribution in [3.8, 4) is 22.8 Å². The Balaban J connectivity index is 1.52. The molecule has 5 aromatic rings. The van der Waals surface area contributed by atoms with Crippen LogP contribution in [0, 0.1) is 12.7 Å². The van der Waals surface area contributed by atoms with E-state index in [1.54, 1.807) is 12.3 Å². The van der Waals surface area contributed by atoms with Crippen LogP contribution >= 0.6 is 0 Å². The van der Waals surface area contributed by atoms with Gasteiger partial charge >= 0.3 is 0 Å². The summed E-state index contributed by atoms with van der Waals surface area (Å²) in [4.78, 5) is 19.4. The maximum Gasteiger partial charge on any atom is 0.159 e. The third kappa shape index (κ3) is 5.69. The zero-order valence-electron chi connectivity index (χ0n) is 23.2. The molecule has 0 atom stereocenters. The third-order valence-corrected chi connectivity index (χ3v) is 6.69. The molecule has 1 aromatic carbocycles. The molecular weight excluding hydrogens is 503 g/mol. The molecule has 0 fully saturated rings. The molecule has 204 valence electrons. The lowest BCUT2D eigenvalue weighted by Gasteiger charge is -2.13. The highest BCUT2D eigenvalue weighted by molar-refractivity contribution is 5.93. The van der Waals surface area contributed by atoms with Gasteiger partial charge in [0, 0.05) is 53.4 Å². The number of H-pyrrole nitrogens is 2. The maximum absolute atomic E-state index is 14.7. The number of rotatable bonds is 10. The van der Waals surface area contributed by atoms with E-state index in [0.717, 1.165) is 52.0 Å². The van der Waals surface area contributed by atoms with Crippen LogP contribution in [0.25, 0.3) is 39.3 Å². The maximum atomic E-state index is 14.7. The smallest absolute Gasteiger partial charge is 0.159 e. The lowest BCUT2D eigenvalue weighted by molar-refractivity contribution is 0.425. The Bertz CT molecular complexity index is 1700. The standard InChI is InChI=1S/C31H33FN8/c1-6-8-25(21-12-23(32)14-24(13-21)34-9-10-40(4)5)29-19(3)36-31(37-29)30-26-15-27(35-18-28(26)38-39-30)22-11-20(7-2)16-33-17-22/h6,8,11-18,34H,1,7,9-10H2,2-5H3,(H,36,37)(H,38,39)/b25-8-. The molecule has 0 amide bonds. The van der Waals surface area contributed by atoms with Crippen LogP contribution in [0.1, 0.15) is 29.4 Å². The Kier molecular flexibility index (Phi) is 7.84. The summed E-state index contributed by atoms with van der Waals surface area (Å²) < 4.78 is 14.7. The van der Waals surface area contributed by atoms with Crippen molar-refractivity contribution in [3.05, 3.63) is 96.0 Å². The van der Waals surface area contributed by atoms with Gasteiger partial charge in [-0.3, -0.25) is 15.1 Å². The molecule has 0 aliphatic heterocycles. The van der Waals surface area contributed by atoms with Crippen molar-refractivity contribution >= 4 is 22.2 Å². The van der Waals surface area contributed by atoms with Crippen molar-refractivity contribution in [3.63, 3.8) is 0 Å². The first-order valence-electron chi connectivity index (χ1n) is 13.2. The molecule has 0 aliphatic rings. The van der Waals surface area contributed by atoms with Crippen molar-refractivity contribution in [2.45, 2.75) is 20.3 Å². The summed E-state index contributed by atoms with van der Waals surface area (Å²) in [5.41, 5.74) is 8.08. The molecule has 5 rings (SSSR count). The van der Waals surface area contributed by atoms with Gasteiger partial charge in [-0.2, -0.15) is 5.10 Å². The molecule has 0 unspecified atom stereocenters. The van der Waals surface area contributed by atoms with Crippen molar-refractivity contribution in [1.29, 1.82) is 0 Å². The number of halogens is 1. The molecule has 4 aromatic heterocycles. The van der Waals surface area contributed by atoms with Crippen LogP contribution in [0.4, 0.5) is 10.1 Å². The summed E-state index contributed by atoms with van der Waals surface area (Å²) >= 11 is 0. The monoisotopic (exact) mass is 536 g/mol. The van der Waals surface area contributed by atoms with E-state index in [2.05, 4.69) is 54.9 Å². The average molecular weight is 537 g/mol. The van der Waals surface area contributed by atoms with Gasteiger partial charge in [0.05, 0.1) is 23.1 Å². The molecule has 9 heteroatoms. The first-order valence-corrected chi connectivity index (χ1v) is 13.2. The van der Waals surface area contributed by atoms with Gasteiger partial charge < -0.3 is 15.2 Å². The van der Waals surface area contributed by atoms with Gasteiger partial charge in [-0.05, 0) is 68.9 Å². The number of hydrogen-bond acceptors (Lipinski definition) is 6. The van der Waals surface area contributed by atoms with Crippen molar-refractivity contribution < 1.29 is 4.39 Å². The van der Waals surface area contributed by atoms with E-state index in [4.69, 9.17) is 4.98 Å². The van der Waals surface area contributed by atoms with E-state index < -0.39 is 0 Å². The molecule has 8 nitrogen and oxygen atoms in total. The Morgan fingerprint density at radius 1 is 1.12 bits per heavy atom. The van der Waals surface area contributed by atoms with E-state index in [9.17, 15) is 4.39 Å². The fourth-order valence-electron chi connectivity index (χ4n) is 4.61. The zero-order valence-corrected chi connectivity index (χ0v) is 23.2. The van der Waals surface area contributed by atoms with E-state index in [1.807, 2.05) is 51.6 Å². The first kappa shape index (κ1) is 27.0. The number of allylic oxidation sites excluding steroid dienone is 2. The predicted molar refractivity (Wildman–Crippen MR) is 160 cm³/mol. The number of aryl methyl sites for hydroxylation is 2. The Labute approximate surface area is 233 Å². The molecule has 0 spiro atoms. The minimum absolute atomic E-state index is 0.326. The zero-order chi connectivity index (χ0) is 28.2. The van der Waals surface area contributed by atoms with Crippen LogP contribution in [0.3, 0.4) is 0 Å². The predicted octanol–water partition coefficient (Wildman–Crippen LogP) is 6.01. The lowest BCUT2D eigenvalue weighted by Crippen LogP contribution is -2.20. The van der Waals surface area contributed by atoms with Crippen molar-refractivity contribution in [2.75, 3.05) is 32.5 Å². The van der Waals surface area contributed by atoms with Gasteiger partial charge in [-0.1, -0.05) is 25.7 Å². The minimum atomic E-state index is -0.326. The van der Waals surface area contributed by atoms with Crippen LogP contribution in [0.2, 0.25) is 0 Å². The fraction of sp³-hybridized carbons (Fsp3) is 0.226. The molecule has 0 bridgehead atoms. The number of nitrogens with zero attached hydrogens (tertiary/aromatic N) is 5. The van der Waals surface area contributed by atoms with Crippen molar-refractivity contribution in [1.82, 2.24) is 35.0 Å². The van der Waals surface area contributed by atoms with Gasteiger partial charge in [-0.25, -0.2) is 9.37 Å². The van der Waals surface area contributed by atoms with Crippen LogP contribution in [-0.4, -0.2) is 62.2 Å². The van der Waals surface area contributed by atoms with Crippen LogP contribution in [-0.2, 0) is 6.42 Å². The van der Waals surface area contributed by atoms with E-state index >= 15 is 0 Å². The molecular formula is C31H33FN8. The van der Waals surface area contributed by atoms with E-state index in [0.29, 0.717) is 35.0 Å². The summed E-state index contributed by atoms with van der Waals surface area (Å²) in [6.45, 7) is 9.46. The second-order valence-electron chi connectivity index (χ2n) is 9.96. The lowest BCUT2D eigenvalue weighted by atomic mass is 10.00. The van der Waals surface area contributed by atoms with Crippen LogP contribution < -0.4 is 5.32 Å². The number of fused-ring (bicyclic) bond motifs is 1. The van der Waals surface area contributed by atoms with Gasteiger partial charge in [0.1, 0.15) is 11.5 Å². The number of likely N-dealkylation sites (N-methyl/N-ethyl adjacent to an activating group) is 1. The molecule has 0 radical (unpaired) electrons. The molecule has 4 heterocycles. The number of imidazole rings is 1. The van der Waals surface area contributed by atoms with E-state index in [1.165, 1.54) is 12.1 Å². The number of pyridine rings is 2. The fourth-order valence-corrected chi connectivity index (χ4v) is 4.61. The summed E-state index contributed by atoms with van der Waals surface area (Å²) in [6, 6.07) is 9.05. The second-order valence-corrected chi connectivity index (χ2v) is 9.96. The normalized spacial score (nSPS) is 11.9. The highest BCUT2D eigenvalue weighted by atomic mass is 19.1. The van der Waals surface area contributed by atoms with Gasteiger partial charge in [-0.15, -0.1) is 0 Å². The highest BCUT2D eigenvalue weighted by Crippen LogP contribution is 2.32. The quantitative estimate of drug-likeness (QED) is 0.189. The first-order chi connectivity index (χ1) is 19.4. The van der Waals surface area contributed by atoms with Crippen LogP contribution in [0.5, 0.6) is 0 Å². The van der Waals surface area contributed by atoms with Gasteiger partial charge in [0.2, 0.25) is 0 Å². The van der Waals surface area contributed by atoms with E-state index in [-0.39, 0.29) is 5.82 Å². The van der Waals surface area contributed by atoms with Crippen LogP contribution in [0.15, 0.2) is 67.7 Å². The largest absolute Gasteiger partial charge is 0.384 e. The highest BCUT2D eigenvalue weighted by Gasteiger charge is 2.19. The number of anilines is 1. The summed E-state index contributed by atoms with van der Waals surface area (Å²) in [7, 11) is 4.00. The number of nitrogens with one attached hydrogen (secondary N) is 3. The molecule has 0 aliphatic carbocycles. The summed E-state index contributed by atoms with van der Waals surface area (Å²) in [6.07, 6.45) is 9.90. The summed E-state index contributed by atoms with van der Waals surface area (Å²) in [5, 5.41) is 11.8. The number of aromatic nitrogens is 6. The third-order valence-electron chi connectivity index (χ3n) is 6.69. The molecule has 40 heavy (non-hydrogen) atoms. The van der Waals surface area contributed by atoms with Crippen molar-refractivity contribution in [2.24, 2.45) is 0 Å². The number of benzene rings is 1. The number of hydrogen-bond donors (Lipinski definition) is 3. The van der Waals surface area contributed by atoms with Gasteiger partial charge in [0.25, 0.3) is 0 Å². The summed E-state index contributed by atoms with van der Waals surface area (Å²) in [5.74, 6) is 0.278. The average Bonchev–Trinajstić information content (AvgIpc) is 3.54. The van der Waals surface area contributed by atoms with Gasteiger partial charge in [0.15, 0.2) is 5.82 Å².